The average Bonchev–Trinajstić information content (AvgIpc) is 2.93. The minimum atomic E-state index is 0.531. The first-order chi connectivity index (χ1) is 9.24. The molecule has 0 aliphatic heterocycles. The first-order valence-electron chi connectivity index (χ1n) is 5.80. The number of hydrogen-bond acceptors (Lipinski definition) is 1. The molecule has 0 unspecified atom stereocenters. The molecule has 2 nitrogen and oxygen atoms in total. The molecule has 19 heavy (non-hydrogen) atoms. The van der Waals surface area contributed by atoms with Gasteiger partial charge in [-0.2, -0.15) is 5.10 Å². The molecule has 0 fully saturated rings. The van der Waals surface area contributed by atoms with Crippen molar-refractivity contribution in [3.8, 4) is 22.5 Å². The van der Waals surface area contributed by atoms with Gasteiger partial charge in [-0.05, 0) is 23.8 Å². The summed E-state index contributed by atoms with van der Waals surface area (Å²) in [6.07, 6.45) is 0. The Labute approximate surface area is 121 Å². The Morgan fingerprint density at radius 1 is 0.789 bits per heavy atom. The quantitative estimate of drug-likeness (QED) is 0.702. The monoisotopic (exact) mass is 288 g/mol. The normalized spacial score (nSPS) is 10.6. The van der Waals surface area contributed by atoms with E-state index in [-0.39, 0.29) is 0 Å². The third-order valence-corrected chi connectivity index (χ3v) is 3.62. The summed E-state index contributed by atoms with van der Waals surface area (Å²) in [6, 6.07) is 17.5. The molecular formula is C15H10Cl2N2. The highest BCUT2D eigenvalue weighted by Gasteiger charge is 2.07. The maximum atomic E-state index is 6.02. The number of aromatic nitrogens is 2. The minimum Gasteiger partial charge on any atom is -0.277 e. The van der Waals surface area contributed by atoms with Gasteiger partial charge in [0.05, 0.1) is 21.4 Å². The first kappa shape index (κ1) is 12.3. The van der Waals surface area contributed by atoms with Crippen molar-refractivity contribution in [2.24, 2.45) is 0 Å². The van der Waals surface area contributed by atoms with Crippen LogP contribution in [0.25, 0.3) is 22.5 Å². The molecule has 0 bridgehead atoms. The van der Waals surface area contributed by atoms with Crippen LogP contribution in [-0.2, 0) is 0 Å². The van der Waals surface area contributed by atoms with E-state index >= 15 is 0 Å². The molecule has 0 saturated heterocycles. The summed E-state index contributed by atoms with van der Waals surface area (Å²) in [5.74, 6) is 0. The van der Waals surface area contributed by atoms with E-state index in [1.54, 1.807) is 6.07 Å². The fourth-order valence-corrected chi connectivity index (χ4v) is 2.19. The van der Waals surface area contributed by atoms with Crippen LogP contribution < -0.4 is 0 Å². The Bertz CT molecular complexity index is 705. The van der Waals surface area contributed by atoms with Gasteiger partial charge in [0.1, 0.15) is 0 Å². The van der Waals surface area contributed by atoms with Crippen LogP contribution in [0, 0.1) is 0 Å². The van der Waals surface area contributed by atoms with Crippen molar-refractivity contribution in [1.82, 2.24) is 10.2 Å². The zero-order chi connectivity index (χ0) is 13.2. The first-order valence-corrected chi connectivity index (χ1v) is 6.56. The zero-order valence-electron chi connectivity index (χ0n) is 9.90. The second kappa shape index (κ2) is 5.08. The molecule has 3 rings (SSSR count). The predicted molar refractivity (Wildman–Crippen MR) is 79.5 cm³/mol. The largest absolute Gasteiger partial charge is 0.277 e. The highest BCUT2D eigenvalue weighted by Crippen LogP contribution is 2.29. The lowest BCUT2D eigenvalue weighted by molar-refractivity contribution is 1.10. The molecule has 94 valence electrons. The van der Waals surface area contributed by atoms with Crippen LogP contribution in [0.4, 0.5) is 0 Å². The van der Waals surface area contributed by atoms with Gasteiger partial charge in [-0.15, -0.1) is 0 Å². The van der Waals surface area contributed by atoms with Gasteiger partial charge in [-0.1, -0.05) is 59.6 Å². The van der Waals surface area contributed by atoms with Gasteiger partial charge in [0.25, 0.3) is 0 Å². The maximum Gasteiger partial charge on any atom is 0.0927 e. The molecule has 4 heteroatoms. The van der Waals surface area contributed by atoms with Crippen LogP contribution in [0.15, 0.2) is 54.6 Å². The maximum absolute atomic E-state index is 6.02. The number of H-pyrrole nitrogens is 1. The van der Waals surface area contributed by atoms with E-state index in [0.29, 0.717) is 10.0 Å². The minimum absolute atomic E-state index is 0.531. The molecule has 0 saturated carbocycles. The topological polar surface area (TPSA) is 28.7 Å². The number of rotatable bonds is 2. The third kappa shape index (κ3) is 2.50. The molecule has 0 aliphatic rings. The third-order valence-electron chi connectivity index (χ3n) is 2.88. The molecule has 0 atom stereocenters. The van der Waals surface area contributed by atoms with Gasteiger partial charge in [-0.25, -0.2) is 0 Å². The zero-order valence-corrected chi connectivity index (χ0v) is 11.4. The highest BCUT2D eigenvalue weighted by molar-refractivity contribution is 6.42. The fraction of sp³-hybridized carbons (Fsp3) is 0. The molecule has 0 aliphatic carbocycles. The molecule has 1 aromatic heterocycles. The Hall–Kier alpha value is -1.77. The van der Waals surface area contributed by atoms with Crippen LogP contribution in [0.1, 0.15) is 0 Å². The molecule has 0 spiro atoms. The van der Waals surface area contributed by atoms with Gasteiger partial charge in [0.15, 0.2) is 0 Å². The van der Waals surface area contributed by atoms with E-state index in [1.165, 1.54) is 0 Å². The second-order valence-electron chi connectivity index (χ2n) is 4.16. The predicted octanol–water partition coefficient (Wildman–Crippen LogP) is 5.05. The number of nitrogens with zero attached hydrogens (tertiary/aromatic N) is 1. The van der Waals surface area contributed by atoms with Crippen molar-refractivity contribution >= 4 is 23.2 Å². The smallest absolute Gasteiger partial charge is 0.0927 e. The summed E-state index contributed by atoms with van der Waals surface area (Å²) in [4.78, 5) is 0. The van der Waals surface area contributed by atoms with E-state index in [1.807, 2.05) is 48.5 Å². The van der Waals surface area contributed by atoms with Crippen LogP contribution in [-0.4, -0.2) is 10.2 Å². The molecule has 3 aromatic rings. The Balaban J connectivity index is 1.99. The van der Waals surface area contributed by atoms with E-state index < -0.39 is 0 Å². The van der Waals surface area contributed by atoms with Gasteiger partial charge in [0.2, 0.25) is 0 Å². The Morgan fingerprint density at radius 2 is 1.58 bits per heavy atom. The number of nitrogens with one attached hydrogen (secondary N) is 1. The molecule has 0 radical (unpaired) electrons. The molecule has 1 N–H and O–H groups in total. The second-order valence-corrected chi connectivity index (χ2v) is 4.98. The van der Waals surface area contributed by atoms with Crippen LogP contribution in [0.5, 0.6) is 0 Å². The van der Waals surface area contributed by atoms with Crippen molar-refractivity contribution < 1.29 is 0 Å². The van der Waals surface area contributed by atoms with Crippen LogP contribution >= 0.6 is 23.2 Å². The summed E-state index contributed by atoms with van der Waals surface area (Å²) in [7, 11) is 0. The Morgan fingerprint density at radius 3 is 2.32 bits per heavy atom. The van der Waals surface area contributed by atoms with Crippen LogP contribution in [0.2, 0.25) is 10.0 Å². The van der Waals surface area contributed by atoms with Crippen molar-refractivity contribution in [3.63, 3.8) is 0 Å². The van der Waals surface area contributed by atoms with Gasteiger partial charge in [-0.3, -0.25) is 5.10 Å². The lowest BCUT2D eigenvalue weighted by Crippen LogP contribution is -1.78. The fourth-order valence-electron chi connectivity index (χ4n) is 1.89. The number of benzene rings is 2. The lowest BCUT2D eigenvalue weighted by atomic mass is 10.1. The van der Waals surface area contributed by atoms with Crippen molar-refractivity contribution in [1.29, 1.82) is 0 Å². The number of halogens is 2. The lowest BCUT2D eigenvalue weighted by Gasteiger charge is -1.99. The Kier molecular flexibility index (Phi) is 3.28. The number of hydrogen-bond donors (Lipinski definition) is 1. The van der Waals surface area contributed by atoms with E-state index in [4.69, 9.17) is 23.2 Å². The van der Waals surface area contributed by atoms with Crippen LogP contribution in [0.3, 0.4) is 0 Å². The summed E-state index contributed by atoms with van der Waals surface area (Å²) < 4.78 is 0. The van der Waals surface area contributed by atoms with E-state index in [0.717, 1.165) is 22.5 Å². The summed E-state index contributed by atoms with van der Waals surface area (Å²) >= 11 is 11.9. The molecular weight excluding hydrogens is 279 g/mol. The van der Waals surface area contributed by atoms with Gasteiger partial charge < -0.3 is 0 Å². The molecule has 1 heterocycles. The van der Waals surface area contributed by atoms with Gasteiger partial charge in [0, 0.05) is 5.56 Å². The molecule has 0 amide bonds. The van der Waals surface area contributed by atoms with E-state index in [2.05, 4.69) is 10.2 Å². The molecule has 2 aromatic carbocycles. The standard InChI is InChI=1S/C15H10Cl2N2/c16-12-7-6-11(8-13(12)17)15-9-14(18-19-15)10-4-2-1-3-5-10/h1-9H,(H,18,19). The summed E-state index contributed by atoms with van der Waals surface area (Å²) in [5.41, 5.74) is 3.85. The summed E-state index contributed by atoms with van der Waals surface area (Å²) in [5, 5.41) is 8.41. The van der Waals surface area contributed by atoms with Crippen molar-refractivity contribution in [3.05, 3.63) is 64.6 Å². The summed E-state index contributed by atoms with van der Waals surface area (Å²) in [6.45, 7) is 0. The number of aromatic amines is 1. The highest BCUT2D eigenvalue weighted by atomic mass is 35.5. The van der Waals surface area contributed by atoms with Gasteiger partial charge >= 0.3 is 0 Å². The van der Waals surface area contributed by atoms with E-state index in [9.17, 15) is 0 Å². The average molecular weight is 289 g/mol. The van der Waals surface area contributed by atoms with Crippen molar-refractivity contribution in [2.45, 2.75) is 0 Å². The van der Waals surface area contributed by atoms with Crippen molar-refractivity contribution in [2.75, 3.05) is 0 Å². The SMILES string of the molecule is Clc1ccc(-c2cc(-c3ccccc3)[nH]n2)cc1Cl.